The second kappa shape index (κ2) is 11.5. The van der Waals surface area contributed by atoms with Crippen molar-refractivity contribution in [3.63, 3.8) is 0 Å². The molecule has 1 aliphatic rings. The Morgan fingerprint density at radius 1 is 1.02 bits per heavy atom. The number of pyridine rings is 2. The van der Waals surface area contributed by atoms with Crippen molar-refractivity contribution in [1.29, 1.82) is 0 Å². The van der Waals surface area contributed by atoms with Gasteiger partial charge in [-0.05, 0) is 78.9 Å². The summed E-state index contributed by atoms with van der Waals surface area (Å²) in [5.41, 5.74) is 5.44. The Hall–Kier alpha value is -4.27. The smallest absolute Gasteiger partial charge is 0.253 e. The van der Waals surface area contributed by atoms with Gasteiger partial charge in [0.2, 0.25) is 0 Å². The summed E-state index contributed by atoms with van der Waals surface area (Å²) in [4.78, 5) is 26.2. The predicted molar refractivity (Wildman–Crippen MR) is 164 cm³/mol. The van der Waals surface area contributed by atoms with Gasteiger partial charge in [-0.3, -0.25) is 9.78 Å². The topological polar surface area (TPSA) is 86.9 Å². The van der Waals surface area contributed by atoms with Gasteiger partial charge in [0.1, 0.15) is 0 Å². The number of carbonyl (C=O) groups excluding carboxylic acids is 1. The molecule has 0 bridgehead atoms. The molecule has 0 atom stereocenters. The predicted octanol–water partition coefficient (Wildman–Crippen LogP) is 5.44. The van der Waals surface area contributed by atoms with E-state index in [-0.39, 0.29) is 5.91 Å². The molecule has 8 nitrogen and oxygen atoms in total. The molecule has 0 radical (unpaired) electrons. The summed E-state index contributed by atoms with van der Waals surface area (Å²) in [7, 11) is 1.79. The molecular formula is C33H33ClN6O2. The van der Waals surface area contributed by atoms with Crippen LogP contribution in [0.25, 0.3) is 5.65 Å². The zero-order valence-electron chi connectivity index (χ0n) is 23.7. The molecule has 0 aliphatic carbocycles. The van der Waals surface area contributed by atoms with Gasteiger partial charge in [-0.15, -0.1) is 0 Å². The lowest BCUT2D eigenvalue weighted by atomic mass is 9.84. The maximum Gasteiger partial charge on any atom is 0.253 e. The van der Waals surface area contributed by atoms with Crippen LogP contribution in [-0.4, -0.2) is 55.6 Å². The maximum atomic E-state index is 13.0. The number of anilines is 1. The van der Waals surface area contributed by atoms with Crippen molar-refractivity contribution < 1.29 is 9.90 Å². The van der Waals surface area contributed by atoms with E-state index >= 15 is 0 Å². The molecule has 214 valence electrons. The van der Waals surface area contributed by atoms with Gasteiger partial charge in [-0.25, -0.2) is 9.50 Å². The minimum absolute atomic E-state index is 0.0495. The molecule has 42 heavy (non-hydrogen) atoms. The Morgan fingerprint density at radius 2 is 1.76 bits per heavy atom. The van der Waals surface area contributed by atoms with Crippen LogP contribution in [0.4, 0.5) is 5.69 Å². The first-order chi connectivity index (χ1) is 20.3. The number of piperidine rings is 1. The van der Waals surface area contributed by atoms with Gasteiger partial charge in [0.15, 0.2) is 11.5 Å². The monoisotopic (exact) mass is 580 g/mol. The molecule has 1 aliphatic heterocycles. The number of amides is 1. The molecule has 3 aromatic heterocycles. The Bertz CT molecular complexity index is 1710. The molecule has 5 aromatic rings. The average Bonchev–Trinajstić information content (AvgIpc) is 3.42. The van der Waals surface area contributed by atoms with Crippen LogP contribution in [0.3, 0.4) is 0 Å². The second-order valence-electron chi connectivity index (χ2n) is 11.0. The van der Waals surface area contributed by atoms with Gasteiger partial charge < -0.3 is 14.9 Å². The van der Waals surface area contributed by atoms with E-state index in [1.54, 1.807) is 18.1 Å². The summed E-state index contributed by atoms with van der Waals surface area (Å²) < 4.78 is 1.82. The first-order valence-corrected chi connectivity index (χ1v) is 14.5. The number of nitrogens with zero attached hydrogens (tertiary/aromatic N) is 6. The van der Waals surface area contributed by atoms with Crippen LogP contribution in [0.5, 0.6) is 0 Å². The molecule has 4 heterocycles. The van der Waals surface area contributed by atoms with Crippen molar-refractivity contribution >= 4 is 28.8 Å². The third-order valence-electron chi connectivity index (χ3n) is 8.11. The number of aryl methyl sites for hydroxylation is 1. The van der Waals surface area contributed by atoms with Crippen molar-refractivity contribution in [2.75, 3.05) is 25.0 Å². The molecule has 2 aromatic carbocycles. The van der Waals surface area contributed by atoms with E-state index in [2.05, 4.69) is 16.0 Å². The summed E-state index contributed by atoms with van der Waals surface area (Å²) in [5, 5.41) is 16.7. The standard InChI is InChI=1S/C33H33ClN6O2/c1-23-5-3-17-35-28(23)22-38(2)32(41)25-9-7-24(8-10-25)21-30-36-31-29(6-4-18-40(31)37-30)39-19-15-33(42,16-20-39)26-11-13-27(34)14-12-26/h3-14,17-18,42H,15-16,19-22H2,1-2H3. The van der Waals surface area contributed by atoms with E-state index in [1.807, 2.05) is 84.4 Å². The lowest BCUT2D eigenvalue weighted by molar-refractivity contribution is 0.0118. The largest absolute Gasteiger partial charge is 0.385 e. The van der Waals surface area contributed by atoms with Crippen LogP contribution in [0, 0.1) is 6.92 Å². The summed E-state index contributed by atoms with van der Waals surface area (Å²) in [6.45, 7) is 3.86. The highest BCUT2D eigenvalue weighted by molar-refractivity contribution is 6.30. The fourth-order valence-corrected chi connectivity index (χ4v) is 5.70. The van der Waals surface area contributed by atoms with Crippen LogP contribution in [0.1, 0.15) is 51.4 Å². The van der Waals surface area contributed by atoms with Gasteiger partial charge >= 0.3 is 0 Å². The average molecular weight is 581 g/mol. The third kappa shape index (κ3) is 5.73. The number of aromatic nitrogens is 4. The van der Waals surface area contributed by atoms with Gasteiger partial charge in [0, 0.05) is 49.5 Å². The number of aliphatic hydroxyl groups is 1. The summed E-state index contributed by atoms with van der Waals surface area (Å²) in [6, 6.07) is 23.0. The summed E-state index contributed by atoms with van der Waals surface area (Å²) in [5.74, 6) is 0.658. The minimum Gasteiger partial charge on any atom is -0.385 e. The number of rotatable bonds is 7. The molecule has 1 saturated heterocycles. The lowest BCUT2D eigenvalue weighted by Crippen LogP contribution is -2.42. The molecule has 9 heteroatoms. The molecule has 1 N–H and O–H groups in total. The number of carbonyl (C=O) groups is 1. The SMILES string of the molecule is Cc1cccnc1CN(C)C(=O)c1ccc(Cc2nc3c(N4CCC(O)(c5ccc(Cl)cc5)CC4)cccn3n2)cc1. The maximum absolute atomic E-state index is 13.0. The van der Waals surface area contributed by atoms with E-state index in [9.17, 15) is 9.90 Å². The Morgan fingerprint density at radius 3 is 2.48 bits per heavy atom. The van der Waals surface area contributed by atoms with E-state index in [1.165, 1.54) is 0 Å². The zero-order valence-corrected chi connectivity index (χ0v) is 24.5. The lowest BCUT2D eigenvalue weighted by Gasteiger charge is -2.39. The van der Waals surface area contributed by atoms with Crippen molar-refractivity contribution in [2.24, 2.45) is 0 Å². The molecule has 1 amide bonds. The number of hydrogen-bond acceptors (Lipinski definition) is 6. The number of fused-ring (bicyclic) bond motifs is 1. The quantitative estimate of drug-likeness (QED) is 0.276. The molecule has 1 fully saturated rings. The highest BCUT2D eigenvalue weighted by Crippen LogP contribution is 2.36. The summed E-state index contributed by atoms with van der Waals surface area (Å²) in [6.07, 6.45) is 5.43. The highest BCUT2D eigenvalue weighted by Gasteiger charge is 2.34. The fraction of sp³-hybridized carbons (Fsp3) is 0.273. The Balaban J connectivity index is 1.12. The van der Waals surface area contributed by atoms with E-state index < -0.39 is 5.60 Å². The van der Waals surface area contributed by atoms with Crippen LogP contribution in [0.2, 0.25) is 5.02 Å². The van der Waals surface area contributed by atoms with E-state index in [4.69, 9.17) is 21.7 Å². The normalized spacial score (nSPS) is 14.7. The van der Waals surface area contributed by atoms with Gasteiger partial charge in [-0.1, -0.05) is 41.9 Å². The zero-order chi connectivity index (χ0) is 29.3. The van der Waals surface area contributed by atoms with Gasteiger partial charge in [0.05, 0.1) is 23.5 Å². The molecular weight excluding hydrogens is 548 g/mol. The van der Waals surface area contributed by atoms with Crippen LogP contribution >= 0.6 is 11.6 Å². The molecule has 0 saturated carbocycles. The fourth-order valence-electron chi connectivity index (χ4n) is 5.57. The third-order valence-corrected chi connectivity index (χ3v) is 8.37. The van der Waals surface area contributed by atoms with Crippen molar-refractivity contribution in [3.05, 3.63) is 124 Å². The van der Waals surface area contributed by atoms with Crippen molar-refractivity contribution in [3.8, 4) is 0 Å². The van der Waals surface area contributed by atoms with Crippen LogP contribution in [0.15, 0.2) is 85.2 Å². The highest BCUT2D eigenvalue weighted by atomic mass is 35.5. The molecule has 0 spiro atoms. The van der Waals surface area contributed by atoms with Crippen molar-refractivity contribution in [2.45, 2.75) is 38.3 Å². The Kier molecular flexibility index (Phi) is 7.66. The number of hydrogen-bond donors (Lipinski definition) is 1. The number of halogens is 1. The molecule has 6 rings (SSSR count). The van der Waals surface area contributed by atoms with Crippen LogP contribution < -0.4 is 4.90 Å². The second-order valence-corrected chi connectivity index (χ2v) is 11.5. The van der Waals surface area contributed by atoms with Crippen molar-refractivity contribution in [1.82, 2.24) is 24.5 Å². The molecule has 0 unspecified atom stereocenters. The van der Waals surface area contributed by atoms with Gasteiger partial charge in [-0.2, -0.15) is 5.10 Å². The van der Waals surface area contributed by atoms with Gasteiger partial charge in [0.25, 0.3) is 5.91 Å². The Labute approximate surface area is 250 Å². The first kappa shape index (κ1) is 27.9. The summed E-state index contributed by atoms with van der Waals surface area (Å²) >= 11 is 6.05. The number of benzene rings is 2. The minimum atomic E-state index is -0.870. The van der Waals surface area contributed by atoms with E-state index in [0.717, 1.165) is 33.7 Å². The first-order valence-electron chi connectivity index (χ1n) is 14.1. The van der Waals surface area contributed by atoms with E-state index in [0.29, 0.717) is 55.3 Å². The van der Waals surface area contributed by atoms with Crippen LogP contribution in [-0.2, 0) is 18.6 Å².